The zero-order valence-corrected chi connectivity index (χ0v) is 11.4. The smallest absolute Gasteiger partial charge is 0.165 e. The van der Waals surface area contributed by atoms with Gasteiger partial charge >= 0.3 is 0 Å². The molecule has 0 aliphatic heterocycles. The summed E-state index contributed by atoms with van der Waals surface area (Å²) in [6, 6.07) is 8.32. The van der Waals surface area contributed by atoms with Gasteiger partial charge in [-0.3, -0.25) is 0 Å². The molecule has 0 amide bonds. The maximum Gasteiger partial charge on any atom is 0.165 e. The Labute approximate surface area is 113 Å². The second-order valence-corrected chi connectivity index (χ2v) is 4.58. The molecule has 94 valence electrons. The van der Waals surface area contributed by atoms with E-state index in [2.05, 4.69) is 26.2 Å². The minimum atomic E-state index is -0.377. The Morgan fingerprint density at radius 2 is 2.17 bits per heavy atom. The molecule has 1 heterocycles. The summed E-state index contributed by atoms with van der Waals surface area (Å²) in [5.41, 5.74) is 0.883. The van der Waals surface area contributed by atoms with Crippen LogP contribution in [0.5, 0.6) is 5.75 Å². The first-order valence-electron chi connectivity index (χ1n) is 5.39. The number of aromatic nitrogens is 1. The van der Waals surface area contributed by atoms with E-state index in [-0.39, 0.29) is 18.2 Å². The van der Waals surface area contributed by atoms with E-state index in [1.54, 1.807) is 25.4 Å². The molecule has 0 fully saturated rings. The molecule has 5 heteroatoms. The predicted octanol–water partition coefficient (Wildman–Crippen LogP) is 3.60. The van der Waals surface area contributed by atoms with Crippen molar-refractivity contribution in [1.82, 2.24) is 4.98 Å². The SMILES string of the molecule is CNc1ccc(COc2cc(Br)ccc2F)cn1. The van der Waals surface area contributed by atoms with E-state index >= 15 is 0 Å². The summed E-state index contributed by atoms with van der Waals surface area (Å²) in [6.45, 7) is 0.282. The quantitative estimate of drug-likeness (QED) is 0.937. The van der Waals surface area contributed by atoms with Crippen LogP contribution in [0.1, 0.15) is 5.56 Å². The van der Waals surface area contributed by atoms with Crippen LogP contribution in [0.15, 0.2) is 41.0 Å². The molecule has 0 atom stereocenters. The maximum atomic E-state index is 13.4. The molecule has 3 nitrogen and oxygen atoms in total. The van der Waals surface area contributed by atoms with Crippen molar-refractivity contribution in [2.24, 2.45) is 0 Å². The highest BCUT2D eigenvalue weighted by Gasteiger charge is 2.04. The van der Waals surface area contributed by atoms with Gasteiger partial charge in [0.1, 0.15) is 12.4 Å². The number of pyridine rings is 1. The van der Waals surface area contributed by atoms with Crippen LogP contribution in [0.25, 0.3) is 0 Å². The lowest BCUT2D eigenvalue weighted by Gasteiger charge is -2.08. The molecular weight excluding hydrogens is 299 g/mol. The molecule has 2 rings (SSSR count). The summed E-state index contributed by atoms with van der Waals surface area (Å²) in [5.74, 6) is 0.632. The summed E-state index contributed by atoms with van der Waals surface area (Å²) < 4.78 is 19.6. The number of ether oxygens (including phenoxy) is 1. The molecule has 0 aliphatic carbocycles. The van der Waals surface area contributed by atoms with Crippen LogP contribution in [0.2, 0.25) is 0 Å². The number of anilines is 1. The van der Waals surface area contributed by atoms with Crippen molar-refractivity contribution < 1.29 is 9.13 Å². The van der Waals surface area contributed by atoms with Crippen molar-refractivity contribution in [2.75, 3.05) is 12.4 Å². The zero-order valence-electron chi connectivity index (χ0n) is 9.78. The normalized spacial score (nSPS) is 10.2. The summed E-state index contributed by atoms with van der Waals surface area (Å²) in [6.07, 6.45) is 1.70. The number of hydrogen-bond acceptors (Lipinski definition) is 3. The van der Waals surface area contributed by atoms with Crippen LogP contribution in [0.4, 0.5) is 10.2 Å². The second-order valence-electron chi connectivity index (χ2n) is 3.67. The first kappa shape index (κ1) is 12.8. The van der Waals surface area contributed by atoms with Crippen molar-refractivity contribution in [3.8, 4) is 5.75 Å². The van der Waals surface area contributed by atoms with Gasteiger partial charge < -0.3 is 10.1 Å². The van der Waals surface area contributed by atoms with E-state index in [1.165, 1.54) is 6.07 Å². The summed E-state index contributed by atoms with van der Waals surface area (Å²) in [5, 5.41) is 2.93. The van der Waals surface area contributed by atoms with Crippen molar-refractivity contribution >= 4 is 21.7 Å². The molecule has 0 aliphatic rings. The first-order chi connectivity index (χ1) is 8.69. The molecule has 0 saturated carbocycles. The van der Waals surface area contributed by atoms with Crippen molar-refractivity contribution in [2.45, 2.75) is 6.61 Å². The Morgan fingerprint density at radius 3 is 2.83 bits per heavy atom. The van der Waals surface area contributed by atoms with Crippen LogP contribution in [-0.2, 0) is 6.61 Å². The molecule has 0 unspecified atom stereocenters. The average molecular weight is 311 g/mol. The van der Waals surface area contributed by atoms with Crippen molar-refractivity contribution in [3.63, 3.8) is 0 Å². The third-order valence-corrected chi connectivity index (χ3v) is 2.86. The summed E-state index contributed by atoms with van der Waals surface area (Å²) in [4.78, 5) is 4.16. The van der Waals surface area contributed by atoms with E-state index < -0.39 is 0 Å². The fourth-order valence-corrected chi connectivity index (χ4v) is 1.75. The minimum Gasteiger partial charge on any atom is -0.486 e. The molecule has 1 aromatic heterocycles. The van der Waals surface area contributed by atoms with Gasteiger partial charge in [-0.25, -0.2) is 9.37 Å². The van der Waals surface area contributed by atoms with E-state index in [0.29, 0.717) is 0 Å². The fraction of sp³-hybridized carbons (Fsp3) is 0.154. The second kappa shape index (κ2) is 5.82. The zero-order chi connectivity index (χ0) is 13.0. The van der Waals surface area contributed by atoms with Crippen LogP contribution in [0, 0.1) is 5.82 Å². The first-order valence-corrected chi connectivity index (χ1v) is 6.19. The van der Waals surface area contributed by atoms with Gasteiger partial charge in [0.15, 0.2) is 11.6 Å². The van der Waals surface area contributed by atoms with Crippen LogP contribution in [0.3, 0.4) is 0 Å². The van der Waals surface area contributed by atoms with E-state index in [9.17, 15) is 4.39 Å². The third-order valence-electron chi connectivity index (χ3n) is 2.37. The maximum absolute atomic E-state index is 13.4. The van der Waals surface area contributed by atoms with Gasteiger partial charge in [-0.1, -0.05) is 22.0 Å². The Hall–Kier alpha value is -1.62. The summed E-state index contributed by atoms with van der Waals surface area (Å²) >= 11 is 3.27. The highest BCUT2D eigenvalue weighted by Crippen LogP contribution is 2.23. The van der Waals surface area contributed by atoms with Gasteiger partial charge in [-0.05, 0) is 24.3 Å². The number of nitrogens with zero attached hydrogens (tertiary/aromatic N) is 1. The number of halogens is 2. The van der Waals surface area contributed by atoms with Crippen molar-refractivity contribution in [3.05, 3.63) is 52.4 Å². The minimum absolute atomic E-state index is 0.224. The molecule has 0 radical (unpaired) electrons. The number of hydrogen-bond donors (Lipinski definition) is 1. The number of rotatable bonds is 4. The van der Waals surface area contributed by atoms with Crippen LogP contribution >= 0.6 is 15.9 Å². The third kappa shape index (κ3) is 3.20. The van der Waals surface area contributed by atoms with E-state index in [4.69, 9.17) is 4.74 Å². The van der Waals surface area contributed by atoms with Crippen LogP contribution in [-0.4, -0.2) is 12.0 Å². The van der Waals surface area contributed by atoms with Gasteiger partial charge in [0.2, 0.25) is 0 Å². The van der Waals surface area contributed by atoms with Gasteiger partial charge in [-0.2, -0.15) is 0 Å². The number of benzene rings is 1. The van der Waals surface area contributed by atoms with Gasteiger partial charge in [0.05, 0.1) is 0 Å². The topological polar surface area (TPSA) is 34.1 Å². The molecular formula is C13H12BrFN2O. The lowest BCUT2D eigenvalue weighted by Crippen LogP contribution is -1.99. The van der Waals surface area contributed by atoms with Crippen molar-refractivity contribution in [1.29, 1.82) is 0 Å². The molecule has 1 N–H and O–H groups in total. The van der Waals surface area contributed by atoms with Gasteiger partial charge in [0, 0.05) is 23.3 Å². The molecule has 18 heavy (non-hydrogen) atoms. The number of nitrogens with one attached hydrogen (secondary N) is 1. The Balaban J connectivity index is 2.04. The fourth-order valence-electron chi connectivity index (χ4n) is 1.41. The Bertz CT molecular complexity index is 531. The highest BCUT2D eigenvalue weighted by molar-refractivity contribution is 9.10. The predicted molar refractivity (Wildman–Crippen MR) is 72.2 cm³/mol. The molecule has 0 spiro atoms. The average Bonchev–Trinajstić information content (AvgIpc) is 2.40. The Kier molecular flexibility index (Phi) is 4.15. The Morgan fingerprint density at radius 1 is 1.33 bits per heavy atom. The molecule has 1 aromatic carbocycles. The lowest BCUT2D eigenvalue weighted by atomic mass is 10.3. The molecule has 2 aromatic rings. The monoisotopic (exact) mass is 310 g/mol. The standard InChI is InChI=1S/C13H12BrFN2O/c1-16-13-5-2-9(7-17-13)8-18-12-6-10(14)3-4-11(12)15/h2-7H,8H2,1H3,(H,16,17). The molecule has 0 bridgehead atoms. The van der Waals surface area contributed by atoms with Crippen LogP contribution < -0.4 is 10.1 Å². The molecule has 0 saturated heterocycles. The van der Waals surface area contributed by atoms with E-state index in [0.717, 1.165) is 15.9 Å². The van der Waals surface area contributed by atoms with Gasteiger partial charge in [-0.15, -0.1) is 0 Å². The lowest BCUT2D eigenvalue weighted by molar-refractivity contribution is 0.289. The van der Waals surface area contributed by atoms with E-state index in [1.807, 2.05) is 12.1 Å². The largest absolute Gasteiger partial charge is 0.486 e. The van der Waals surface area contributed by atoms with Gasteiger partial charge in [0.25, 0.3) is 0 Å². The summed E-state index contributed by atoms with van der Waals surface area (Å²) in [7, 11) is 1.80. The highest BCUT2D eigenvalue weighted by atomic mass is 79.9.